The summed E-state index contributed by atoms with van der Waals surface area (Å²) < 4.78 is 66.3. The Bertz CT molecular complexity index is 1230. The fourth-order valence-corrected chi connectivity index (χ4v) is 4.47. The zero-order valence-electron chi connectivity index (χ0n) is 16.7. The summed E-state index contributed by atoms with van der Waals surface area (Å²) in [5.74, 6) is -0.802. The zero-order chi connectivity index (χ0) is 23.5. The average molecular weight is 483 g/mol. The van der Waals surface area contributed by atoms with Crippen molar-refractivity contribution in [3.05, 3.63) is 88.9 Å². The van der Waals surface area contributed by atoms with Gasteiger partial charge in [0.1, 0.15) is 6.54 Å². The fourth-order valence-electron chi connectivity index (χ4n) is 2.94. The highest BCUT2D eigenvalue weighted by Gasteiger charge is 2.31. The highest BCUT2D eigenvalue weighted by atomic mass is 35.5. The molecule has 32 heavy (non-hydrogen) atoms. The van der Waals surface area contributed by atoms with E-state index < -0.39 is 34.2 Å². The van der Waals surface area contributed by atoms with Gasteiger partial charge < -0.3 is 5.32 Å². The summed E-state index contributed by atoms with van der Waals surface area (Å²) in [4.78, 5) is 12.6. The van der Waals surface area contributed by atoms with Crippen molar-refractivity contribution in [2.45, 2.75) is 18.0 Å². The molecule has 0 atom stereocenters. The highest BCUT2D eigenvalue weighted by molar-refractivity contribution is 7.92. The van der Waals surface area contributed by atoms with Gasteiger partial charge in [-0.05, 0) is 67.1 Å². The van der Waals surface area contributed by atoms with E-state index in [1.54, 1.807) is 25.1 Å². The minimum absolute atomic E-state index is 0.0877. The number of sulfonamides is 1. The zero-order valence-corrected chi connectivity index (χ0v) is 18.3. The van der Waals surface area contributed by atoms with Crippen LogP contribution in [0.2, 0.25) is 5.02 Å². The van der Waals surface area contributed by atoms with E-state index in [1.807, 2.05) is 0 Å². The summed E-state index contributed by atoms with van der Waals surface area (Å²) in [6, 6.07) is 16.1. The van der Waals surface area contributed by atoms with Crippen LogP contribution in [0.3, 0.4) is 0 Å². The standard InChI is InChI=1S/C22H18ClF3N2O3S/c1-15-4-2-7-19(12-15)28(32(30,31)20-10-8-17(23)9-11-20)14-21(29)27-18-6-3-5-16(13-18)22(24,25)26/h2-13H,14H2,1H3,(H,27,29). The summed E-state index contributed by atoms with van der Waals surface area (Å²) in [5.41, 5.74) is -0.0335. The minimum Gasteiger partial charge on any atom is -0.325 e. The van der Waals surface area contributed by atoms with Gasteiger partial charge in [0.2, 0.25) is 5.91 Å². The summed E-state index contributed by atoms with van der Waals surface area (Å²) >= 11 is 5.85. The van der Waals surface area contributed by atoms with Crippen molar-refractivity contribution in [3.63, 3.8) is 0 Å². The molecule has 0 saturated heterocycles. The molecule has 0 bridgehead atoms. The van der Waals surface area contributed by atoms with E-state index in [2.05, 4.69) is 5.32 Å². The van der Waals surface area contributed by atoms with Crippen molar-refractivity contribution in [1.82, 2.24) is 0 Å². The lowest BCUT2D eigenvalue weighted by molar-refractivity contribution is -0.137. The first kappa shape index (κ1) is 23.6. The van der Waals surface area contributed by atoms with Gasteiger partial charge in [0.15, 0.2) is 0 Å². The van der Waals surface area contributed by atoms with Crippen LogP contribution in [0, 0.1) is 6.92 Å². The number of benzene rings is 3. The number of carbonyl (C=O) groups is 1. The molecule has 0 aliphatic rings. The maximum absolute atomic E-state index is 13.3. The van der Waals surface area contributed by atoms with E-state index in [0.717, 1.165) is 28.1 Å². The van der Waals surface area contributed by atoms with Crippen LogP contribution in [0.5, 0.6) is 0 Å². The number of halogens is 4. The summed E-state index contributed by atoms with van der Waals surface area (Å²) in [6.45, 7) is 1.12. The first-order valence-corrected chi connectivity index (χ1v) is 11.1. The number of aryl methyl sites for hydroxylation is 1. The van der Waals surface area contributed by atoms with Gasteiger partial charge in [0.05, 0.1) is 16.1 Å². The first-order valence-electron chi connectivity index (χ1n) is 9.29. The Labute approximate surface area is 188 Å². The third kappa shape index (κ3) is 5.60. The number of nitrogens with zero attached hydrogens (tertiary/aromatic N) is 1. The molecule has 0 fully saturated rings. The Hall–Kier alpha value is -3.04. The maximum atomic E-state index is 13.3. The Balaban J connectivity index is 1.93. The van der Waals surface area contributed by atoms with Crippen molar-refractivity contribution in [2.75, 3.05) is 16.2 Å². The average Bonchev–Trinajstić information content (AvgIpc) is 2.72. The maximum Gasteiger partial charge on any atom is 0.416 e. The van der Waals surface area contributed by atoms with E-state index in [9.17, 15) is 26.4 Å². The molecule has 0 heterocycles. The Morgan fingerprint density at radius 2 is 1.66 bits per heavy atom. The predicted octanol–water partition coefficient (Wildman–Crippen LogP) is 5.50. The van der Waals surface area contributed by atoms with Gasteiger partial charge in [0.25, 0.3) is 10.0 Å². The fraction of sp³-hybridized carbons (Fsp3) is 0.136. The second kappa shape index (κ2) is 9.22. The van der Waals surface area contributed by atoms with Crippen molar-refractivity contribution in [3.8, 4) is 0 Å². The molecule has 1 N–H and O–H groups in total. The van der Waals surface area contributed by atoms with Gasteiger partial charge in [0, 0.05) is 10.7 Å². The molecule has 0 spiro atoms. The highest BCUT2D eigenvalue weighted by Crippen LogP contribution is 2.31. The predicted molar refractivity (Wildman–Crippen MR) is 117 cm³/mol. The van der Waals surface area contributed by atoms with Crippen LogP contribution in [-0.4, -0.2) is 20.9 Å². The number of hydrogen-bond acceptors (Lipinski definition) is 3. The van der Waals surface area contributed by atoms with Gasteiger partial charge >= 0.3 is 6.18 Å². The van der Waals surface area contributed by atoms with Crippen LogP contribution >= 0.6 is 11.6 Å². The first-order chi connectivity index (χ1) is 15.0. The van der Waals surface area contributed by atoms with E-state index in [-0.39, 0.29) is 16.3 Å². The molecule has 3 rings (SSSR count). The van der Waals surface area contributed by atoms with Gasteiger partial charge in [-0.15, -0.1) is 0 Å². The third-order valence-electron chi connectivity index (χ3n) is 4.45. The Kier molecular flexibility index (Phi) is 6.80. The number of carbonyl (C=O) groups excluding carboxylic acids is 1. The summed E-state index contributed by atoms with van der Waals surface area (Å²) in [6.07, 6.45) is -4.58. The molecule has 0 aliphatic heterocycles. The molecule has 0 radical (unpaired) electrons. The molecule has 0 aromatic heterocycles. The van der Waals surface area contributed by atoms with Crippen LogP contribution in [0.1, 0.15) is 11.1 Å². The number of hydrogen-bond donors (Lipinski definition) is 1. The molecule has 10 heteroatoms. The van der Waals surface area contributed by atoms with Crippen molar-refractivity contribution in [1.29, 1.82) is 0 Å². The molecule has 0 aliphatic carbocycles. The molecule has 3 aromatic rings. The van der Waals surface area contributed by atoms with Gasteiger partial charge in [-0.3, -0.25) is 9.10 Å². The monoisotopic (exact) mass is 482 g/mol. The SMILES string of the molecule is Cc1cccc(N(CC(=O)Nc2cccc(C(F)(F)F)c2)S(=O)(=O)c2ccc(Cl)cc2)c1. The van der Waals surface area contributed by atoms with Crippen LogP contribution in [-0.2, 0) is 21.0 Å². The Morgan fingerprint density at radius 1 is 1.00 bits per heavy atom. The number of nitrogens with one attached hydrogen (secondary N) is 1. The second-order valence-electron chi connectivity index (χ2n) is 6.93. The molecule has 3 aromatic carbocycles. The van der Waals surface area contributed by atoms with E-state index in [0.29, 0.717) is 5.02 Å². The molecule has 5 nitrogen and oxygen atoms in total. The Morgan fingerprint density at radius 3 is 2.28 bits per heavy atom. The summed E-state index contributed by atoms with van der Waals surface area (Å²) in [5, 5.41) is 2.68. The number of anilines is 2. The molecular weight excluding hydrogens is 465 g/mol. The number of alkyl halides is 3. The lowest BCUT2D eigenvalue weighted by Gasteiger charge is -2.24. The van der Waals surface area contributed by atoms with Crippen molar-refractivity contribution >= 4 is 38.9 Å². The number of rotatable bonds is 6. The van der Waals surface area contributed by atoms with Gasteiger partial charge in [-0.2, -0.15) is 13.2 Å². The van der Waals surface area contributed by atoms with E-state index in [4.69, 9.17) is 11.6 Å². The van der Waals surface area contributed by atoms with E-state index >= 15 is 0 Å². The van der Waals surface area contributed by atoms with Crippen molar-refractivity contribution in [2.24, 2.45) is 0 Å². The molecule has 1 amide bonds. The van der Waals surface area contributed by atoms with Crippen LogP contribution in [0.25, 0.3) is 0 Å². The molecular formula is C22H18ClF3N2O3S. The van der Waals surface area contributed by atoms with Crippen LogP contribution in [0.4, 0.5) is 24.5 Å². The lowest BCUT2D eigenvalue weighted by Crippen LogP contribution is -2.38. The van der Waals surface area contributed by atoms with Crippen LogP contribution < -0.4 is 9.62 Å². The number of amides is 1. The molecule has 0 saturated carbocycles. The van der Waals surface area contributed by atoms with Crippen LogP contribution in [0.15, 0.2) is 77.7 Å². The summed E-state index contributed by atoms with van der Waals surface area (Å²) in [7, 11) is -4.17. The van der Waals surface area contributed by atoms with Gasteiger partial charge in [-0.25, -0.2) is 8.42 Å². The lowest BCUT2D eigenvalue weighted by atomic mass is 10.2. The largest absolute Gasteiger partial charge is 0.416 e. The molecule has 168 valence electrons. The minimum atomic E-state index is -4.58. The second-order valence-corrected chi connectivity index (χ2v) is 9.23. The van der Waals surface area contributed by atoms with Gasteiger partial charge in [-0.1, -0.05) is 29.8 Å². The molecule has 0 unspecified atom stereocenters. The quantitative estimate of drug-likeness (QED) is 0.504. The smallest absolute Gasteiger partial charge is 0.325 e. The normalized spacial score (nSPS) is 11.8. The van der Waals surface area contributed by atoms with Crippen molar-refractivity contribution < 1.29 is 26.4 Å². The third-order valence-corrected chi connectivity index (χ3v) is 6.49. The topological polar surface area (TPSA) is 66.5 Å². The van der Waals surface area contributed by atoms with E-state index in [1.165, 1.54) is 36.4 Å².